The molecule has 0 aromatic heterocycles. The zero-order valence-corrected chi connectivity index (χ0v) is 13.2. The maximum Gasteiger partial charge on any atom is 0.119 e. The van der Waals surface area contributed by atoms with Gasteiger partial charge in [0.15, 0.2) is 0 Å². The molecule has 0 amide bonds. The summed E-state index contributed by atoms with van der Waals surface area (Å²) in [4.78, 5) is 0. The van der Waals surface area contributed by atoms with Crippen molar-refractivity contribution >= 4 is 0 Å². The van der Waals surface area contributed by atoms with E-state index >= 15 is 0 Å². The van der Waals surface area contributed by atoms with Gasteiger partial charge in [0, 0.05) is 13.2 Å². The molecule has 1 aromatic rings. The van der Waals surface area contributed by atoms with E-state index in [1.54, 1.807) is 7.11 Å². The molecule has 0 spiro atoms. The van der Waals surface area contributed by atoms with E-state index in [-0.39, 0.29) is 0 Å². The van der Waals surface area contributed by atoms with E-state index in [1.807, 2.05) is 6.07 Å². The molecule has 1 atom stereocenters. The fraction of sp³-hybridized carbons (Fsp3) is 0.647. The molecule has 3 heteroatoms. The van der Waals surface area contributed by atoms with Crippen LogP contribution in [-0.4, -0.2) is 33.4 Å². The molecule has 3 nitrogen and oxygen atoms in total. The molecule has 0 aliphatic heterocycles. The predicted octanol–water partition coefficient (Wildman–Crippen LogP) is 3.28. The van der Waals surface area contributed by atoms with Crippen LogP contribution in [0.4, 0.5) is 0 Å². The summed E-state index contributed by atoms with van der Waals surface area (Å²) >= 11 is 0. The van der Waals surface area contributed by atoms with Crippen molar-refractivity contribution in [2.45, 2.75) is 33.1 Å². The minimum atomic E-state index is 0.610. The smallest absolute Gasteiger partial charge is 0.119 e. The van der Waals surface area contributed by atoms with E-state index in [0.717, 1.165) is 51.3 Å². The minimum absolute atomic E-state index is 0.610. The highest BCUT2D eigenvalue weighted by Gasteiger charge is 2.10. The van der Waals surface area contributed by atoms with E-state index in [2.05, 4.69) is 37.4 Å². The van der Waals surface area contributed by atoms with Gasteiger partial charge >= 0.3 is 0 Å². The Balaban J connectivity index is 2.48. The summed E-state index contributed by atoms with van der Waals surface area (Å²) in [6, 6.07) is 8.36. The predicted molar refractivity (Wildman–Crippen MR) is 84.5 cm³/mol. The van der Waals surface area contributed by atoms with Crippen molar-refractivity contribution in [2.75, 3.05) is 33.4 Å². The van der Waals surface area contributed by atoms with Crippen molar-refractivity contribution in [1.82, 2.24) is 5.32 Å². The van der Waals surface area contributed by atoms with Crippen LogP contribution in [0, 0.1) is 5.92 Å². The van der Waals surface area contributed by atoms with E-state index in [4.69, 9.17) is 9.47 Å². The molecule has 0 heterocycles. The highest BCUT2D eigenvalue weighted by atomic mass is 16.5. The normalized spacial score (nSPS) is 12.3. The Hall–Kier alpha value is -1.06. The molecular formula is C17H29NO2. The number of hydrogen-bond acceptors (Lipinski definition) is 3. The Morgan fingerprint density at radius 2 is 2.05 bits per heavy atom. The first kappa shape index (κ1) is 17.0. The molecule has 20 heavy (non-hydrogen) atoms. The van der Waals surface area contributed by atoms with Gasteiger partial charge in [0.05, 0.1) is 7.11 Å². The van der Waals surface area contributed by atoms with Crippen molar-refractivity contribution in [3.8, 4) is 5.75 Å². The van der Waals surface area contributed by atoms with E-state index in [1.165, 1.54) is 5.56 Å². The van der Waals surface area contributed by atoms with Crippen LogP contribution in [-0.2, 0) is 11.2 Å². The van der Waals surface area contributed by atoms with Crippen LogP contribution in [0.3, 0.4) is 0 Å². The van der Waals surface area contributed by atoms with Crippen LogP contribution in [0.5, 0.6) is 5.75 Å². The summed E-state index contributed by atoms with van der Waals surface area (Å²) in [5.41, 5.74) is 1.34. The molecule has 0 aliphatic rings. The SMILES string of the molecule is CCCOCCC(CNCC)Cc1cccc(OC)c1. The van der Waals surface area contributed by atoms with Crippen molar-refractivity contribution in [3.05, 3.63) is 29.8 Å². The van der Waals surface area contributed by atoms with E-state index < -0.39 is 0 Å². The Bertz CT molecular complexity index is 355. The van der Waals surface area contributed by atoms with Gasteiger partial charge in [-0.05, 0) is 56.0 Å². The van der Waals surface area contributed by atoms with E-state index in [9.17, 15) is 0 Å². The number of rotatable bonds is 11. The van der Waals surface area contributed by atoms with Crippen LogP contribution < -0.4 is 10.1 Å². The van der Waals surface area contributed by atoms with Crippen LogP contribution in [0.2, 0.25) is 0 Å². The molecule has 0 saturated heterocycles. The number of benzene rings is 1. The van der Waals surface area contributed by atoms with Crippen molar-refractivity contribution in [1.29, 1.82) is 0 Å². The number of methoxy groups -OCH3 is 1. The standard InChI is InChI=1S/C17H29NO2/c1-4-10-20-11-9-16(14-18-5-2)12-15-7-6-8-17(13-15)19-3/h6-8,13,16,18H,4-5,9-12,14H2,1-3H3. The number of ether oxygens (including phenoxy) is 2. The first-order valence-electron chi connectivity index (χ1n) is 7.71. The maximum absolute atomic E-state index is 5.62. The highest BCUT2D eigenvalue weighted by Crippen LogP contribution is 2.17. The third-order valence-electron chi connectivity index (χ3n) is 3.36. The Labute approximate surface area is 123 Å². The van der Waals surface area contributed by atoms with Crippen LogP contribution in [0.25, 0.3) is 0 Å². The number of hydrogen-bond donors (Lipinski definition) is 1. The molecule has 0 fully saturated rings. The molecule has 1 aromatic carbocycles. The van der Waals surface area contributed by atoms with Crippen molar-refractivity contribution in [3.63, 3.8) is 0 Å². The average Bonchev–Trinajstić information content (AvgIpc) is 2.49. The zero-order valence-electron chi connectivity index (χ0n) is 13.2. The molecule has 0 aliphatic carbocycles. The highest BCUT2D eigenvalue weighted by molar-refractivity contribution is 5.28. The molecule has 0 radical (unpaired) electrons. The maximum atomic E-state index is 5.62. The topological polar surface area (TPSA) is 30.5 Å². The van der Waals surface area contributed by atoms with Gasteiger partial charge in [-0.15, -0.1) is 0 Å². The summed E-state index contributed by atoms with van der Waals surface area (Å²) in [5, 5.41) is 3.45. The van der Waals surface area contributed by atoms with Crippen molar-refractivity contribution in [2.24, 2.45) is 5.92 Å². The lowest BCUT2D eigenvalue weighted by atomic mass is 9.96. The lowest BCUT2D eigenvalue weighted by Gasteiger charge is -2.18. The first-order valence-corrected chi connectivity index (χ1v) is 7.71. The minimum Gasteiger partial charge on any atom is -0.497 e. The zero-order chi connectivity index (χ0) is 14.6. The van der Waals surface area contributed by atoms with Crippen LogP contribution in [0.15, 0.2) is 24.3 Å². The van der Waals surface area contributed by atoms with Gasteiger partial charge in [0.1, 0.15) is 5.75 Å². The lowest BCUT2D eigenvalue weighted by molar-refractivity contribution is 0.120. The van der Waals surface area contributed by atoms with E-state index in [0.29, 0.717) is 5.92 Å². The molecule has 0 bridgehead atoms. The van der Waals surface area contributed by atoms with Crippen molar-refractivity contribution < 1.29 is 9.47 Å². The average molecular weight is 279 g/mol. The van der Waals surface area contributed by atoms with Gasteiger partial charge in [0.2, 0.25) is 0 Å². The first-order chi connectivity index (χ1) is 9.80. The van der Waals surface area contributed by atoms with Gasteiger partial charge in [-0.25, -0.2) is 0 Å². The van der Waals surface area contributed by atoms with Gasteiger partial charge in [0.25, 0.3) is 0 Å². The Morgan fingerprint density at radius 3 is 2.75 bits per heavy atom. The monoisotopic (exact) mass is 279 g/mol. The Morgan fingerprint density at radius 1 is 1.20 bits per heavy atom. The summed E-state index contributed by atoms with van der Waals surface area (Å²) in [6.07, 6.45) is 3.26. The van der Waals surface area contributed by atoms with Gasteiger partial charge in [-0.3, -0.25) is 0 Å². The third-order valence-corrected chi connectivity index (χ3v) is 3.36. The molecule has 0 saturated carbocycles. The second-order valence-corrected chi connectivity index (χ2v) is 5.13. The second-order valence-electron chi connectivity index (χ2n) is 5.13. The molecule has 1 N–H and O–H groups in total. The summed E-state index contributed by atoms with van der Waals surface area (Å²) in [7, 11) is 1.72. The van der Waals surface area contributed by atoms with Crippen LogP contribution >= 0.6 is 0 Å². The summed E-state index contributed by atoms with van der Waals surface area (Å²) in [5.74, 6) is 1.55. The van der Waals surface area contributed by atoms with Gasteiger partial charge < -0.3 is 14.8 Å². The molecular weight excluding hydrogens is 250 g/mol. The second kappa shape index (κ2) is 10.7. The van der Waals surface area contributed by atoms with Crippen LogP contribution in [0.1, 0.15) is 32.3 Å². The summed E-state index contributed by atoms with van der Waals surface area (Å²) < 4.78 is 10.9. The third kappa shape index (κ3) is 6.92. The Kier molecular flexibility index (Phi) is 9.09. The fourth-order valence-electron chi connectivity index (χ4n) is 2.25. The number of nitrogens with one attached hydrogen (secondary N) is 1. The molecule has 1 unspecified atom stereocenters. The molecule has 114 valence electrons. The fourth-order valence-corrected chi connectivity index (χ4v) is 2.25. The van der Waals surface area contributed by atoms with Gasteiger partial charge in [-0.1, -0.05) is 26.0 Å². The molecule has 1 rings (SSSR count). The lowest BCUT2D eigenvalue weighted by Crippen LogP contribution is -2.25. The van der Waals surface area contributed by atoms with Gasteiger partial charge in [-0.2, -0.15) is 0 Å². The summed E-state index contributed by atoms with van der Waals surface area (Å²) in [6.45, 7) is 8.08. The quantitative estimate of drug-likeness (QED) is 0.631. The largest absolute Gasteiger partial charge is 0.497 e.